The molecule has 7 heteroatoms. The first-order chi connectivity index (χ1) is 5.99. The number of halogens is 1. The Kier molecular flexibility index (Phi) is 2.69. The summed E-state index contributed by atoms with van der Waals surface area (Å²) in [6, 6.07) is 5.12. The van der Waals surface area contributed by atoms with Gasteiger partial charge in [0.05, 0.1) is 0 Å². The Morgan fingerprint density at radius 3 is 2.46 bits per heavy atom. The summed E-state index contributed by atoms with van der Waals surface area (Å²) in [5, 5.41) is 2.93. The normalized spacial score (nSPS) is 12.2. The highest BCUT2D eigenvalue weighted by Gasteiger charge is 1.97. The van der Waals surface area contributed by atoms with Crippen LogP contribution in [0.4, 0.5) is 10.1 Å². The van der Waals surface area contributed by atoms with Gasteiger partial charge < -0.3 is 4.55 Å². The van der Waals surface area contributed by atoms with E-state index < -0.39 is 16.1 Å². The fourth-order valence-electron chi connectivity index (χ4n) is 0.627. The number of rotatable bonds is 2. The maximum Gasteiger partial charge on any atom is 0.220 e. The summed E-state index contributed by atoms with van der Waals surface area (Å²) in [5.41, 5.74) is -0.290. The minimum Gasteiger partial charge on any atom is -0.728 e. The molecule has 0 radical (unpaired) electrons. The van der Waals surface area contributed by atoms with Crippen molar-refractivity contribution in [3.63, 3.8) is 0 Å². The second-order valence-electron chi connectivity index (χ2n) is 2.06. The van der Waals surface area contributed by atoms with Crippen molar-refractivity contribution in [2.75, 3.05) is 0 Å². The van der Waals surface area contributed by atoms with E-state index in [9.17, 15) is 17.4 Å². The Bertz CT molecular complexity index is 429. The molecule has 0 heterocycles. The van der Waals surface area contributed by atoms with E-state index in [2.05, 4.69) is 9.63 Å². The van der Waals surface area contributed by atoms with E-state index in [0.717, 1.165) is 6.07 Å². The fraction of sp³-hybridized carbons (Fsp3) is 0. The molecule has 0 amide bonds. The van der Waals surface area contributed by atoms with Gasteiger partial charge in [0.25, 0.3) is 0 Å². The van der Waals surface area contributed by atoms with Crippen molar-refractivity contribution in [3.8, 4) is 0 Å². The van der Waals surface area contributed by atoms with Crippen molar-refractivity contribution in [3.05, 3.63) is 30.1 Å². The van der Waals surface area contributed by atoms with Crippen LogP contribution in [0, 0.1) is 5.82 Å². The highest BCUT2D eigenvalue weighted by Crippen LogP contribution is 2.16. The van der Waals surface area contributed by atoms with Gasteiger partial charge in [-0.25, -0.2) is 12.8 Å². The van der Waals surface area contributed by atoms with Gasteiger partial charge in [-0.15, -0.1) is 5.11 Å². The first-order valence-electron chi connectivity index (χ1n) is 3.12. The molecule has 0 N–H and O–H groups in total. The Labute approximate surface area is 73.8 Å². The lowest BCUT2D eigenvalue weighted by Gasteiger charge is -1.96. The first-order valence-corrected chi connectivity index (χ1v) is 4.49. The predicted molar refractivity (Wildman–Crippen MR) is 40.6 cm³/mol. The first kappa shape index (κ1) is 9.75. The third-order valence-corrected chi connectivity index (χ3v) is 1.38. The van der Waals surface area contributed by atoms with Crippen LogP contribution in [0.15, 0.2) is 33.9 Å². The van der Waals surface area contributed by atoms with Gasteiger partial charge in [0.2, 0.25) is 10.3 Å². The van der Waals surface area contributed by atoms with Crippen LogP contribution in [-0.2, 0) is 10.3 Å². The van der Waals surface area contributed by atoms with E-state index in [1.807, 2.05) is 0 Å². The molecule has 0 unspecified atom stereocenters. The second-order valence-corrected chi connectivity index (χ2v) is 3.08. The third-order valence-electron chi connectivity index (χ3n) is 1.10. The van der Waals surface area contributed by atoms with Crippen LogP contribution in [0.2, 0.25) is 0 Å². The van der Waals surface area contributed by atoms with E-state index >= 15 is 0 Å². The topological polar surface area (TPSA) is 81.9 Å². The van der Waals surface area contributed by atoms with E-state index in [-0.39, 0.29) is 5.69 Å². The molecule has 5 nitrogen and oxygen atoms in total. The van der Waals surface area contributed by atoms with Crippen LogP contribution in [0.1, 0.15) is 0 Å². The van der Waals surface area contributed by atoms with Crippen LogP contribution < -0.4 is 0 Å². The largest absolute Gasteiger partial charge is 0.728 e. The van der Waals surface area contributed by atoms with E-state index in [1.54, 1.807) is 0 Å². The average molecular weight is 203 g/mol. The summed E-state index contributed by atoms with van der Waals surface area (Å²) in [4.78, 5) is 0. The molecule has 0 saturated carbocycles. The van der Waals surface area contributed by atoms with E-state index in [0.29, 0.717) is 0 Å². The molecule has 1 aromatic carbocycles. The van der Waals surface area contributed by atoms with Gasteiger partial charge in [-0.1, -0.05) is 16.7 Å². The number of hydrogen-bond donors (Lipinski definition) is 0. The smallest absolute Gasteiger partial charge is 0.220 e. The molecular weight excluding hydrogens is 199 g/mol. The summed E-state index contributed by atoms with van der Waals surface area (Å²) in [7, 11) is -4.80. The molecule has 13 heavy (non-hydrogen) atoms. The van der Waals surface area contributed by atoms with Gasteiger partial charge in [0, 0.05) is 0 Å². The molecule has 70 valence electrons. The van der Waals surface area contributed by atoms with Crippen molar-refractivity contribution in [1.82, 2.24) is 0 Å². The molecule has 0 spiro atoms. The highest BCUT2D eigenvalue weighted by molar-refractivity contribution is 7.84. The van der Waals surface area contributed by atoms with Crippen LogP contribution in [0.5, 0.6) is 0 Å². The SMILES string of the molecule is O=S(=O)([O-])N=Nc1ccccc1F. The Morgan fingerprint density at radius 1 is 1.31 bits per heavy atom. The molecule has 0 fully saturated rings. The zero-order valence-corrected chi connectivity index (χ0v) is 7.03. The van der Waals surface area contributed by atoms with Gasteiger partial charge in [0.15, 0.2) is 5.82 Å². The summed E-state index contributed by atoms with van der Waals surface area (Å²) in [6.45, 7) is 0. The van der Waals surface area contributed by atoms with E-state index in [4.69, 9.17) is 0 Å². The third kappa shape index (κ3) is 3.26. The van der Waals surface area contributed by atoms with Gasteiger partial charge in [-0.3, -0.25) is 0 Å². The molecule has 1 aromatic rings. The highest BCUT2D eigenvalue weighted by atomic mass is 32.2. The van der Waals surface area contributed by atoms with Gasteiger partial charge in [0.1, 0.15) is 5.69 Å². The maximum atomic E-state index is 12.7. The number of nitrogens with zero attached hydrogens (tertiary/aromatic N) is 2. The standard InChI is InChI=1S/C6H5FN2O3S/c7-5-3-1-2-4-6(5)8-9-13(10,11)12/h1-4H,(H,10,11,12)/p-1. The van der Waals surface area contributed by atoms with Crippen LogP contribution in [-0.4, -0.2) is 13.0 Å². The summed E-state index contributed by atoms with van der Waals surface area (Å²) in [6.07, 6.45) is 0. The van der Waals surface area contributed by atoms with Crippen molar-refractivity contribution in [2.24, 2.45) is 9.63 Å². The predicted octanol–water partition coefficient (Wildman–Crippen LogP) is 1.37. The Morgan fingerprint density at radius 2 is 1.92 bits per heavy atom. The minimum absolute atomic E-state index is 0.290. The molecule has 0 aliphatic carbocycles. The Balaban J connectivity index is 3.00. The Hall–Kier alpha value is -1.34. The zero-order valence-electron chi connectivity index (χ0n) is 6.21. The molecule has 0 aromatic heterocycles. The van der Waals surface area contributed by atoms with Gasteiger partial charge in [-0.2, -0.15) is 0 Å². The van der Waals surface area contributed by atoms with Crippen molar-refractivity contribution in [1.29, 1.82) is 0 Å². The summed E-state index contributed by atoms with van der Waals surface area (Å²) >= 11 is 0. The molecule has 0 atom stereocenters. The van der Waals surface area contributed by atoms with E-state index in [1.165, 1.54) is 18.2 Å². The van der Waals surface area contributed by atoms with Crippen molar-refractivity contribution in [2.45, 2.75) is 0 Å². The fourth-order valence-corrected chi connectivity index (χ4v) is 0.815. The second kappa shape index (κ2) is 3.58. The van der Waals surface area contributed by atoms with Crippen LogP contribution >= 0.6 is 0 Å². The quantitative estimate of drug-likeness (QED) is 0.537. The van der Waals surface area contributed by atoms with Gasteiger partial charge in [-0.05, 0) is 12.1 Å². The molecule has 0 saturated heterocycles. The van der Waals surface area contributed by atoms with Crippen molar-refractivity contribution >= 4 is 16.0 Å². The van der Waals surface area contributed by atoms with Crippen LogP contribution in [0.25, 0.3) is 0 Å². The van der Waals surface area contributed by atoms with Crippen molar-refractivity contribution < 1.29 is 17.4 Å². The van der Waals surface area contributed by atoms with Gasteiger partial charge >= 0.3 is 0 Å². The zero-order chi connectivity index (χ0) is 9.90. The minimum atomic E-state index is -4.80. The lowest BCUT2D eigenvalue weighted by Crippen LogP contribution is -1.89. The summed E-state index contributed by atoms with van der Waals surface area (Å²) < 4.78 is 45.0. The maximum absolute atomic E-state index is 12.7. The molecule has 0 bridgehead atoms. The number of hydrogen-bond acceptors (Lipinski definition) is 4. The monoisotopic (exact) mass is 203 g/mol. The lowest BCUT2D eigenvalue weighted by molar-refractivity contribution is 0.462. The summed E-state index contributed by atoms with van der Waals surface area (Å²) in [5.74, 6) is -0.741. The molecular formula is C6H4FN2O3S-. The average Bonchev–Trinajstić information content (AvgIpc) is 2.01. The number of benzene rings is 1. The van der Waals surface area contributed by atoms with Crippen LogP contribution in [0.3, 0.4) is 0 Å². The molecule has 1 rings (SSSR count). The molecule has 0 aliphatic rings. The lowest BCUT2D eigenvalue weighted by atomic mass is 10.3. The molecule has 0 aliphatic heterocycles.